The number of nitrogens with one attached hydrogen (secondary N) is 2. The second-order valence-electron chi connectivity index (χ2n) is 4.49. The number of carbonyl (C=O) groups excluding carboxylic acids is 1. The van der Waals surface area contributed by atoms with Gasteiger partial charge in [-0.2, -0.15) is 0 Å². The van der Waals surface area contributed by atoms with Crippen LogP contribution in [0, 0.1) is 6.92 Å². The fourth-order valence-corrected chi connectivity index (χ4v) is 2.56. The Bertz CT molecular complexity index is 660. The number of hydrogen-bond donors (Lipinski definition) is 2. The third-order valence-electron chi connectivity index (χ3n) is 2.87. The van der Waals surface area contributed by atoms with E-state index in [-0.39, 0.29) is 16.9 Å². The molecule has 0 saturated carbocycles. The van der Waals surface area contributed by atoms with Crippen LogP contribution in [-0.4, -0.2) is 22.4 Å². The molecule has 0 bridgehead atoms. The Morgan fingerprint density at radius 3 is 2.95 bits per heavy atom. The van der Waals surface area contributed by atoms with Gasteiger partial charge in [-0.25, -0.2) is 4.98 Å². The molecule has 20 heavy (non-hydrogen) atoms. The zero-order chi connectivity index (χ0) is 14.5. The third kappa shape index (κ3) is 3.54. The van der Waals surface area contributed by atoms with Crippen molar-refractivity contribution in [3.05, 3.63) is 49.8 Å². The molecule has 0 aliphatic rings. The smallest absolute Gasteiger partial charge is 0.256 e. The van der Waals surface area contributed by atoms with Crippen molar-refractivity contribution in [3.8, 4) is 0 Å². The zero-order valence-electron chi connectivity index (χ0n) is 11.5. The second kappa shape index (κ2) is 6.47. The van der Waals surface area contributed by atoms with E-state index in [4.69, 9.17) is 0 Å². The van der Waals surface area contributed by atoms with Gasteiger partial charge in [-0.15, -0.1) is 11.3 Å². The first kappa shape index (κ1) is 14.5. The first-order valence-corrected chi connectivity index (χ1v) is 7.39. The SMILES string of the molecule is CCc1nc(CCNC(=O)c2c[nH]c(C)cc2=O)cs1. The molecule has 2 rings (SSSR count). The highest BCUT2D eigenvalue weighted by Gasteiger charge is 2.09. The van der Waals surface area contributed by atoms with Gasteiger partial charge < -0.3 is 10.3 Å². The third-order valence-corrected chi connectivity index (χ3v) is 3.91. The van der Waals surface area contributed by atoms with Crippen LogP contribution in [0.15, 0.2) is 22.4 Å². The van der Waals surface area contributed by atoms with Gasteiger partial charge in [0.1, 0.15) is 5.56 Å². The second-order valence-corrected chi connectivity index (χ2v) is 5.43. The average molecular weight is 291 g/mol. The number of thiazole rings is 1. The molecular weight excluding hydrogens is 274 g/mol. The molecule has 2 aromatic heterocycles. The van der Waals surface area contributed by atoms with Crippen LogP contribution in [0.4, 0.5) is 0 Å². The van der Waals surface area contributed by atoms with Crippen molar-refractivity contribution in [3.63, 3.8) is 0 Å². The highest BCUT2D eigenvalue weighted by atomic mass is 32.1. The Balaban J connectivity index is 1.90. The number of carbonyl (C=O) groups is 1. The van der Waals surface area contributed by atoms with Crippen molar-refractivity contribution >= 4 is 17.2 Å². The number of aryl methyl sites for hydroxylation is 2. The average Bonchev–Trinajstić information content (AvgIpc) is 2.86. The summed E-state index contributed by atoms with van der Waals surface area (Å²) in [7, 11) is 0. The van der Waals surface area contributed by atoms with Crippen molar-refractivity contribution < 1.29 is 4.79 Å². The van der Waals surface area contributed by atoms with Crippen LogP contribution in [-0.2, 0) is 12.8 Å². The van der Waals surface area contributed by atoms with Gasteiger partial charge in [-0.3, -0.25) is 9.59 Å². The lowest BCUT2D eigenvalue weighted by molar-refractivity contribution is 0.0952. The number of aromatic amines is 1. The van der Waals surface area contributed by atoms with Gasteiger partial charge in [0.2, 0.25) is 0 Å². The number of H-pyrrole nitrogens is 1. The molecule has 2 aromatic rings. The molecule has 1 amide bonds. The molecule has 6 heteroatoms. The first-order chi connectivity index (χ1) is 9.60. The molecule has 2 N–H and O–H groups in total. The standard InChI is InChI=1S/C14H17N3O2S/c1-3-13-17-10(8-20-13)4-5-15-14(19)11-7-16-9(2)6-12(11)18/h6-8H,3-5H2,1-2H3,(H,15,19)(H,16,18). The lowest BCUT2D eigenvalue weighted by atomic mass is 10.2. The summed E-state index contributed by atoms with van der Waals surface area (Å²) in [5.41, 5.74) is 1.59. The molecule has 0 atom stereocenters. The van der Waals surface area contributed by atoms with Gasteiger partial charge in [0, 0.05) is 36.3 Å². The molecular formula is C14H17N3O2S. The molecule has 0 spiro atoms. The quantitative estimate of drug-likeness (QED) is 0.880. The summed E-state index contributed by atoms with van der Waals surface area (Å²) in [6, 6.07) is 1.42. The molecule has 0 radical (unpaired) electrons. The first-order valence-electron chi connectivity index (χ1n) is 6.51. The van der Waals surface area contributed by atoms with Crippen molar-refractivity contribution in [2.24, 2.45) is 0 Å². The van der Waals surface area contributed by atoms with Crippen LogP contribution in [0.5, 0.6) is 0 Å². The van der Waals surface area contributed by atoms with Gasteiger partial charge in [-0.05, 0) is 13.3 Å². The normalized spacial score (nSPS) is 10.5. The van der Waals surface area contributed by atoms with E-state index in [0.29, 0.717) is 13.0 Å². The van der Waals surface area contributed by atoms with Gasteiger partial charge in [0.25, 0.3) is 5.91 Å². The number of nitrogens with zero attached hydrogens (tertiary/aromatic N) is 1. The molecule has 2 heterocycles. The lowest BCUT2D eigenvalue weighted by Crippen LogP contribution is -2.30. The molecule has 0 unspecified atom stereocenters. The number of amides is 1. The highest BCUT2D eigenvalue weighted by molar-refractivity contribution is 7.09. The van der Waals surface area contributed by atoms with Gasteiger partial charge in [0.15, 0.2) is 5.43 Å². The number of pyridine rings is 1. The summed E-state index contributed by atoms with van der Waals surface area (Å²) < 4.78 is 0. The number of hydrogen-bond acceptors (Lipinski definition) is 4. The Labute approximate surface area is 121 Å². The summed E-state index contributed by atoms with van der Waals surface area (Å²) in [5.74, 6) is -0.350. The summed E-state index contributed by atoms with van der Waals surface area (Å²) in [6.07, 6.45) is 3.05. The van der Waals surface area contributed by atoms with Gasteiger partial charge >= 0.3 is 0 Å². The van der Waals surface area contributed by atoms with Crippen LogP contribution in [0.3, 0.4) is 0 Å². The molecule has 0 aromatic carbocycles. The van der Waals surface area contributed by atoms with E-state index < -0.39 is 0 Å². The van der Waals surface area contributed by atoms with Crippen LogP contribution < -0.4 is 10.7 Å². The van der Waals surface area contributed by atoms with Gasteiger partial charge in [-0.1, -0.05) is 6.92 Å². The summed E-state index contributed by atoms with van der Waals surface area (Å²) in [5, 5.41) is 5.84. The zero-order valence-corrected chi connectivity index (χ0v) is 12.3. The van der Waals surface area contributed by atoms with Gasteiger partial charge in [0.05, 0.1) is 10.7 Å². The minimum Gasteiger partial charge on any atom is -0.364 e. The monoisotopic (exact) mass is 291 g/mol. The maximum atomic E-state index is 11.9. The Morgan fingerprint density at radius 1 is 1.50 bits per heavy atom. The number of aromatic nitrogens is 2. The Kier molecular flexibility index (Phi) is 4.68. The van der Waals surface area contributed by atoms with E-state index in [1.54, 1.807) is 18.3 Å². The molecule has 0 aliphatic carbocycles. The van der Waals surface area contributed by atoms with Crippen molar-refractivity contribution in [1.82, 2.24) is 15.3 Å². The van der Waals surface area contributed by atoms with Crippen LogP contribution >= 0.6 is 11.3 Å². The Hall–Kier alpha value is -1.95. The van der Waals surface area contributed by atoms with Crippen molar-refractivity contribution in [2.45, 2.75) is 26.7 Å². The van der Waals surface area contributed by atoms with E-state index in [9.17, 15) is 9.59 Å². The summed E-state index contributed by atoms with van der Waals surface area (Å²) >= 11 is 1.63. The van der Waals surface area contributed by atoms with Crippen molar-refractivity contribution in [1.29, 1.82) is 0 Å². The minimum absolute atomic E-state index is 0.142. The molecule has 0 saturated heterocycles. The van der Waals surface area contributed by atoms with Crippen molar-refractivity contribution in [2.75, 3.05) is 6.54 Å². The predicted molar refractivity (Wildman–Crippen MR) is 79.3 cm³/mol. The van der Waals surface area contributed by atoms with E-state index in [1.807, 2.05) is 5.38 Å². The maximum absolute atomic E-state index is 11.9. The lowest BCUT2D eigenvalue weighted by Gasteiger charge is -2.03. The van der Waals surface area contributed by atoms with E-state index in [1.165, 1.54) is 12.3 Å². The largest absolute Gasteiger partial charge is 0.364 e. The van der Waals surface area contributed by atoms with E-state index >= 15 is 0 Å². The highest BCUT2D eigenvalue weighted by Crippen LogP contribution is 2.10. The Morgan fingerprint density at radius 2 is 2.30 bits per heavy atom. The van der Waals surface area contributed by atoms with Crippen LogP contribution in [0.2, 0.25) is 0 Å². The maximum Gasteiger partial charge on any atom is 0.256 e. The molecule has 106 valence electrons. The summed E-state index contributed by atoms with van der Waals surface area (Å²) in [6.45, 7) is 4.31. The van der Waals surface area contributed by atoms with Crippen LogP contribution in [0.1, 0.15) is 33.7 Å². The summed E-state index contributed by atoms with van der Waals surface area (Å²) in [4.78, 5) is 30.8. The van der Waals surface area contributed by atoms with E-state index in [0.717, 1.165) is 22.8 Å². The van der Waals surface area contributed by atoms with E-state index in [2.05, 4.69) is 22.2 Å². The minimum atomic E-state index is -0.350. The molecule has 0 aliphatic heterocycles. The van der Waals surface area contributed by atoms with Crippen LogP contribution in [0.25, 0.3) is 0 Å². The fraction of sp³-hybridized carbons (Fsp3) is 0.357. The number of rotatable bonds is 5. The predicted octanol–water partition coefficient (Wildman–Crippen LogP) is 1.67. The molecule has 0 fully saturated rings. The fourth-order valence-electron chi connectivity index (χ4n) is 1.78. The topological polar surface area (TPSA) is 74.8 Å². The molecule has 5 nitrogen and oxygen atoms in total.